The molecule has 0 aromatic carbocycles. The van der Waals surface area contributed by atoms with Gasteiger partial charge >= 0.3 is 30.1 Å². The SMILES string of the molecule is CO[Si](CCCC(O)(CCC[Si](OC)(OC)OC)CC(F)(F)CC(F)(F)F)(OC)OC.O=C(F)F. The highest BCUT2D eigenvalue weighted by atomic mass is 28.4. The van der Waals surface area contributed by atoms with E-state index in [2.05, 4.69) is 0 Å². The van der Waals surface area contributed by atoms with Gasteiger partial charge in [0.25, 0.3) is 5.92 Å². The number of hydrogen-bond donors (Lipinski definition) is 1. The minimum absolute atomic E-state index is 0.155. The standard InChI is InChI=1S/C17H35F5O7Si2.CF2O/c1-24-30(25-2,26-3)11-7-9-15(23,13-16(18,19)14-17(20,21)22)10-8-12-31(27-4,28-5)29-6;2-1(3)4/h23H,7-14H2,1-6H3;. The molecule has 0 aromatic heterocycles. The molecule has 0 unspecified atom stereocenters. The Bertz CT molecular complexity index is 545. The van der Waals surface area contributed by atoms with Crippen molar-refractivity contribution in [2.75, 3.05) is 42.7 Å². The van der Waals surface area contributed by atoms with Crippen molar-refractivity contribution in [3.63, 3.8) is 0 Å². The maximum Gasteiger partial charge on any atom is 0.500 e. The molecule has 0 radical (unpaired) electrons. The molecule has 0 aliphatic rings. The maximum absolute atomic E-state index is 14.1. The molecule has 0 rings (SSSR count). The summed E-state index contributed by atoms with van der Waals surface area (Å²) in [5.41, 5.74) is -2.06. The molecule has 0 atom stereocenters. The topological polar surface area (TPSA) is 92.7 Å². The zero-order valence-corrected chi connectivity index (χ0v) is 22.6. The lowest BCUT2D eigenvalue weighted by atomic mass is 9.85. The van der Waals surface area contributed by atoms with Crippen molar-refractivity contribution in [1.82, 2.24) is 0 Å². The van der Waals surface area contributed by atoms with Gasteiger partial charge in [-0.15, -0.1) is 8.78 Å². The molecule has 0 heterocycles. The first-order valence-corrected chi connectivity index (χ1v) is 14.1. The van der Waals surface area contributed by atoms with Crippen molar-refractivity contribution in [2.45, 2.75) is 68.3 Å². The third-order valence-corrected chi connectivity index (χ3v) is 10.8. The maximum atomic E-state index is 14.1. The van der Waals surface area contributed by atoms with E-state index < -0.39 is 54.4 Å². The lowest BCUT2D eigenvalue weighted by Gasteiger charge is -2.34. The van der Waals surface area contributed by atoms with Gasteiger partial charge < -0.3 is 31.7 Å². The molecular weight excluding hydrogens is 533 g/mol. The minimum atomic E-state index is -5.06. The van der Waals surface area contributed by atoms with Gasteiger partial charge in [0.15, 0.2) is 0 Å². The molecule has 8 nitrogen and oxygen atoms in total. The molecule has 0 spiro atoms. The van der Waals surface area contributed by atoms with Gasteiger partial charge in [-0.1, -0.05) is 0 Å². The van der Waals surface area contributed by atoms with Gasteiger partial charge in [0.1, 0.15) is 6.42 Å². The van der Waals surface area contributed by atoms with Crippen molar-refractivity contribution in [2.24, 2.45) is 0 Å². The number of aliphatic hydroxyl groups is 1. The predicted octanol–water partition coefficient (Wildman–Crippen LogP) is 5.06. The van der Waals surface area contributed by atoms with E-state index in [1.54, 1.807) is 0 Å². The normalized spacial score (nSPS) is 13.4. The van der Waals surface area contributed by atoms with Crippen molar-refractivity contribution in [1.29, 1.82) is 0 Å². The van der Waals surface area contributed by atoms with E-state index in [1.807, 2.05) is 0 Å². The van der Waals surface area contributed by atoms with Crippen LogP contribution in [0.4, 0.5) is 35.5 Å². The molecule has 35 heavy (non-hydrogen) atoms. The highest BCUT2D eigenvalue weighted by Gasteiger charge is 2.49. The van der Waals surface area contributed by atoms with Crippen LogP contribution in [0.15, 0.2) is 0 Å². The first-order chi connectivity index (χ1) is 15.9. The minimum Gasteiger partial charge on any atom is -0.390 e. The zero-order valence-electron chi connectivity index (χ0n) is 20.6. The number of carbonyl (C=O) groups is 1. The summed E-state index contributed by atoms with van der Waals surface area (Å²) in [6.07, 6.45) is -11.6. The molecule has 212 valence electrons. The second-order valence-electron chi connectivity index (χ2n) is 7.57. The lowest BCUT2D eigenvalue weighted by Crippen LogP contribution is -2.45. The van der Waals surface area contributed by atoms with E-state index in [0.717, 1.165) is 0 Å². The monoisotopic (exact) mass is 568 g/mol. The van der Waals surface area contributed by atoms with Crippen LogP contribution in [0.3, 0.4) is 0 Å². The highest BCUT2D eigenvalue weighted by molar-refractivity contribution is 6.60. The Hall–Kier alpha value is -0.666. The summed E-state index contributed by atoms with van der Waals surface area (Å²) in [5, 5.41) is 10.9. The summed E-state index contributed by atoms with van der Waals surface area (Å²) >= 11 is 0. The van der Waals surface area contributed by atoms with E-state index in [0.29, 0.717) is 0 Å². The fourth-order valence-corrected chi connectivity index (χ4v) is 6.96. The Labute approximate surface area is 202 Å². The van der Waals surface area contributed by atoms with Crippen molar-refractivity contribution >= 4 is 23.9 Å². The molecule has 0 aliphatic carbocycles. The molecule has 0 aliphatic heterocycles. The summed E-state index contributed by atoms with van der Waals surface area (Å²) in [7, 11) is 2.25. The quantitative estimate of drug-likeness (QED) is 0.148. The van der Waals surface area contributed by atoms with E-state index >= 15 is 0 Å². The molecule has 1 N–H and O–H groups in total. The second kappa shape index (κ2) is 16.2. The Kier molecular flexibility index (Phi) is 16.9. The van der Waals surface area contributed by atoms with E-state index in [-0.39, 0.29) is 37.8 Å². The van der Waals surface area contributed by atoms with Gasteiger partial charge in [-0.05, 0) is 25.7 Å². The third-order valence-electron chi connectivity index (χ3n) is 5.16. The molecule has 0 saturated heterocycles. The van der Waals surface area contributed by atoms with Crippen LogP contribution in [-0.2, 0) is 26.6 Å². The summed E-state index contributed by atoms with van der Waals surface area (Å²) < 4.78 is 117. The van der Waals surface area contributed by atoms with Crippen LogP contribution in [0.5, 0.6) is 0 Å². The van der Waals surface area contributed by atoms with Crippen molar-refractivity contribution in [3.8, 4) is 0 Å². The molecule has 0 bridgehead atoms. The average Bonchev–Trinajstić information content (AvgIpc) is 2.72. The van der Waals surface area contributed by atoms with Crippen LogP contribution in [0.2, 0.25) is 12.1 Å². The first-order valence-electron chi connectivity index (χ1n) is 10.3. The van der Waals surface area contributed by atoms with Crippen LogP contribution >= 0.6 is 0 Å². The molecule has 0 amide bonds. The molecule has 0 saturated carbocycles. The van der Waals surface area contributed by atoms with Crippen LogP contribution in [0, 0.1) is 0 Å². The number of rotatable bonds is 17. The summed E-state index contributed by atoms with van der Waals surface area (Å²) in [6, 6.07) is 0.410. The largest absolute Gasteiger partial charge is 0.500 e. The van der Waals surface area contributed by atoms with Gasteiger partial charge in [-0.3, -0.25) is 0 Å². The van der Waals surface area contributed by atoms with Gasteiger partial charge in [-0.25, -0.2) is 13.6 Å². The summed E-state index contributed by atoms with van der Waals surface area (Å²) in [5.74, 6) is -4.12. The smallest absolute Gasteiger partial charge is 0.390 e. The number of alkyl halides is 5. The van der Waals surface area contributed by atoms with Gasteiger partial charge in [-0.2, -0.15) is 13.2 Å². The Morgan fingerprint density at radius 1 is 0.686 bits per heavy atom. The van der Waals surface area contributed by atoms with Crippen LogP contribution in [0.1, 0.15) is 38.5 Å². The van der Waals surface area contributed by atoms with Crippen LogP contribution < -0.4 is 0 Å². The second-order valence-corrected chi connectivity index (χ2v) is 13.8. The fourth-order valence-electron chi connectivity index (χ4n) is 3.52. The number of halogens is 7. The van der Waals surface area contributed by atoms with Gasteiger partial charge in [0.05, 0.1) is 5.60 Å². The van der Waals surface area contributed by atoms with E-state index in [9.17, 15) is 35.8 Å². The van der Waals surface area contributed by atoms with Crippen molar-refractivity contribution in [3.05, 3.63) is 0 Å². The molecular formula is C18H35F7O8Si2. The first kappa shape index (κ1) is 36.5. The zero-order chi connectivity index (χ0) is 28.0. The number of hydrogen-bond acceptors (Lipinski definition) is 8. The molecule has 0 fully saturated rings. The Balaban J connectivity index is 0. The molecule has 17 heteroatoms. The number of carbonyl (C=O) groups excluding carboxylic acids is 1. The van der Waals surface area contributed by atoms with E-state index in [1.165, 1.54) is 42.7 Å². The fraction of sp³-hybridized carbons (Fsp3) is 0.944. The Morgan fingerprint density at radius 2 is 0.971 bits per heavy atom. The average molecular weight is 569 g/mol. The Morgan fingerprint density at radius 3 is 1.20 bits per heavy atom. The van der Waals surface area contributed by atoms with Crippen molar-refractivity contribution < 1.29 is 67.2 Å². The summed E-state index contributed by atoms with van der Waals surface area (Å²) in [4.78, 5) is 8.11. The van der Waals surface area contributed by atoms with Crippen LogP contribution in [-0.4, -0.2) is 89.4 Å². The lowest BCUT2D eigenvalue weighted by molar-refractivity contribution is -0.202. The van der Waals surface area contributed by atoms with E-state index in [4.69, 9.17) is 31.4 Å². The predicted molar refractivity (Wildman–Crippen MR) is 114 cm³/mol. The third kappa shape index (κ3) is 15.9. The van der Waals surface area contributed by atoms with Gasteiger partial charge in [0.2, 0.25) is 0 Å². The summed E-state index contributed by atoms with van der Waals surface area (Å²) in [6.45, 7) is 0. The highest BCUT2D eigenvalue weighted by Crippen LogP contribution is 2.41. The van der Waals surface area contributed by atoms with Crippen LogP contribution in [0.25, 0.3) is 0 Å². The van der Waals surface area contributed by atoms with Gasteiger partial charge in [0, 0.05) is 61.2 Å². The molecule has 0 aromatic rings.